The number of rotatable bonds is 5. The number of benzene rings is 1. The number of hydrogen-bond donors (Lipinski definition) is 1. The minimum Gasteiger partial charge on any atom is -0.369 e. The number of anilines is 1. The molecule has 0 spiro atoms. The van der Waals surface area contributed by atoms with Gasteiger partial charge in [-0.25, -0.2) is 0 Å². The van der Waals surface area contributed by atoms with Gasteiger partial charge < -0.3 is 15.1 Å². The largest absolute Gasteiger partial charge is 0.369 e. The van der Waals surface area contributed by atoms with Crippen LogP contribution in [0.2, 0.25) is 0 Å². The van der Waals surface area contributed by atoms with Crippen molar-refractivity contribution in [1.29, 1.82) is 0 Å². The number of para-hydroxylation sites is 1. The van der Waals surface area contributed by atoms with E-state index in [-0.39, 0.29) is 5.91 Å². The van der Waals surface area contributed by atoms with Gasteiger partial charge in [-0.15, -0.1) is 11.3 Å². The van der Waals surface area contributed by atoms with Crippen LogP contribution in [0.3, 0.4) is 0 Å². The maximum Gasteiger partial charge on any atom is 0.261 e. The molecule has 5 heteroatoms. The van der Waals surface area contributed by atoms with Crippen LogP contribution in [0.1, 0.15) is 32.6 Å². The van der Waals surface area contributed by atoms with Crippen molar-refractivity contribution in [2.24, 2.45) is 0 Å². The lowest BCUT2D eigenvalue weighted by Gasteiger charge is -2.35. The van der Waals surface area contributed by atoms with Gasteiger partial charge in [0.05, 0.1) is 4.88 Å². The Labute approximate surface area is 154 Å². The molecule has 4 nitrogen and oxygen atoms in total. The molecule has 1 saturated heterocycles. The molecule has 25 heavy (non-hydrogen) atoms. The van der Waals surface area contributed by atoms with Crippen LogP contribution >= 0.6 is 11.3 Å². The maximum absolute atomic E-state index is 12.5. The van der Waals surface area contributed by atoms with Crippen LogP contribution in [0.5, 0.6) is 0 Å². The second-order valence-electron chi connectivity index (χ2n) is 6.65. The van der Waals surface area contributed by atoms with Gasteiger partial charge in [0.15, 0.2) is 0 Å². The monoisotopic (exact) mass is 357 g/mol. The van der Waals surface area contributed by atoms with E-state index in [1.54, 1.807) is 11.3 Å². The van der Waals surface area contributed by atoms with E-state index in [1.165, 1.54) is 21.7 Å². The molecule has 0 aliphatic carbocycles. The average molecular weight is 358 g/mol. The third-order valence-electron chi connectivity index (χ3n) is 4.90. The lowest BCUT2D eigenvalue weighted by molar-refractivity contribution is 0.0955. The molecule has 2 aromatic rings. The molecule has 1 aliphatic rings. The molecular formula is C20H27N3OS. The Morgan fingerprint density at radius 3 is 2.56 bits per heavy atom. The quantitative estimate of drug-likeness (QED) is 0.892. The van der Waals surface area contributed by atoms with Gasteiger partial charge in [0, 0.05) is 43.3 Å². The summed E-state index contributed by atoms with van der Waals surface area (Å²) in [6, 6.07) is 10.4. The highest BCUT2D eigenvalue weighted by Gasteiger charge is 2.17. The van der Waals surface area contributed by atoms with Crippen molar-refractivity contribution in [3.8, 4) is 0 Å². The van der Waals surface area contributed by atoms with Gasteiger partial charge in [-0.1, -0.05) is 25.1 Å². The molecule has 0 saturated carbocycles. The van der Waals surface area contributed by atoms with Crippen LogP contribution in [0.25, 0.3) is 0 Å². The summed E-state index contributed by atoms with van der Waals surface area (Å²) in [5, 5.41) is 3.10. The van der Waals surface area contributed by atoms with Crippen LogP contribution in [0, 0.1) is 6.92 Å². The molecule has 3 rings (SSSR count). The molecule has 1 N–H and O–H groups in total. The molecule has 1 aliphatic heterocycles. The Kier molecular flexibility index (Phi) is 5.76. The highest BCUT2D eigenvalue weighted by molar-refractivity contribution is 7.14. The predicted molar refractivity (Wildman–Crippen MR) is 106 cm³/mol. The molecular weight excluding hydrogens is 330 g/mol. The summed E-state index contributed by atoms with van der Waals surface area (Å²) in [7, 11) is 2.16. The van der Waals surface area contributed by atoms with Gasteiger partial charge in [0.25, 0.3) is 5.91 Å². The number of amides is 1. The zero-order valence-corrected chi connectivity index (χ0v) is 16.2. The van der Waals surface area contributed by atoms with Crippen molar-refractivity contribution in [2.45, 2.75) is 26.8 Å². The molecule has 1 aromatic heterocycles. The van der Waals surface area contributed by atoms with E-state index in [1.807, 2.05) is 12.1 Å². The van der Waals surface area contributed by atoms with Crippen LogP contribution < -0.4 is 10.2 Å². The minimum atomic E-state index is 0.0287. The molecule has 0 radical (unpaired) electrons. The summed E-state index contributed by atoms with van der Waals surface area (Å²) < 4.78 is 0. The number of carbonyl (C=O) groups excluding carboxylic acids is 1. The highest BCUT2D eigenvalue weighted by atomic mass is 32.1. The Balaban J connectivity index is 1.67. The number of piperazine rings is 1. The first-order valence-electron chi connectivity index (χ1n) is 8.97. The first-order chi connectivity index (χ1) is 12.1. The number of hydrogen-bond acceptors (Lipinski definition) is 4. The average Bonchev–Trinajstić information content (AvgIpc) is 3.01. The van der Waals surface area contributed by atoms with Crippen molar-refractivity contribution in [3.63, 3.8) is 0 Å². The fourth-order valence-corrected chi connectivity index (χ4v) is 4.29. The topological polar surface area (TPSA) is 35.6 Å². The Morgan fingerprint density at radius 2 is 1.88 bits per heavy atom. The Bertz CT molecular complexity index is 732. The van der Waals surface area contributed by atoms with Crippen molar-refractivity contribution in [3.05, 3.63) is 51.2 Å². The van der Waals surface area contributed by atoms with Gasteiger partial charge in [-0.2, -0.15) is 0 Å². The van der Waals surface area contributed by atoms with Crippen molar-refractivity contribution < 1.29 is 4.79 Å². The van der Waals surface area contributed by atoms with Crippen molar-refractivity contribution in [2.75, 3.05) is 38.1 Å². The number of nitrogens with zero attached hydrogens (tertiary/aromatic N) is 2. The molecule has 0 bridgehead atoms. The molecule has 1 aromatic carbocycles. The van der Waals surface area contributed by atoms with Gasteiger partial charge >= 0.3 is 0 Å². The van der Waals surface area contributed by atoms with Gasteiger partial charge in [-0.05, 0) is 43.7 Å². The summed E-state index contributed by atoms with van der Waals surface area (Å²) in [4.78, 5) is 19.3. The molecule has 0 unspecified atom stereocenters. The smallest absolute Gasteiger partial charge is 0.261 e. The number of aryl methyl sites for hydroxylation is 2. The summed E-state index contributed by atoms with van der Waals surface area (Å²) in [6.45, 7) is 9.01. The van der Waals surface area contributed by atoms with E-state index in [0.717, 1.165) is 37.5 Å². The SMILES string of the molecule is CCc1cc(C(=O)NCc2ccccc2N2CCN(C)CC2)sc1C. The van der Waals surface area contributed by atoms with E-state index in [2.05, 4.69) is 54.2 Å². The van der Waals surface area contributed by atoms with Crippen molar-refractivity contribution >= 4 is 22.9 Å². The van der Waals surface area contributed by atoms with Gasteiger partial charge in [-0.3, -0.25) is 4.79 Å². The molecule has 1 fully saturated rings. The predicted octanol–water partition coefficient (Wildman–Crippen LogP) is 3.30. The fourth-order valence-electron chi connectivity index (χ4n) is 3.26. The third-order valence-corrected chi connectivity index (χ3v) is 5.99. The van der Waals surface area contributed by atoms with Crippen LogP contribution in [0.4, 0.5) is 5.69 Å². The lowest BCUT2D eigenvalue weighted by Crippen LogP contribution is -2.45. The normalized spacial score (nSPS) is 15.4. The van der Waals surface area contributed by atoms with Crippen LogP contribution in [-0.2, 0) is 13.0 Å². The summed E-state index contributed by atoms with van der Waals surface area (Å²) in [5.74, 6) is 0.0287. The number of likely N-dealkylation sites (N-methyl/N-ethyl adjacent to an activating group) is 1. The standard InChI is InChI=1S/C20H27N3OS/c1-4-16-13-19(25-15(16)2)20(24)21-14-17-7-5-6-8-18(17)23-11-9-22(3)10-12-23/h5-8,13H,4,9-12,14H2,1-3H3,(H,21,24). The molecule has 2 heterocycles. The summed E-state index contributed by atoms with van der Waals surface area (Å²) >= 11 is 1.59. The summed E-state index contributed by atoms with van der Waals surface area (Å²) in [6.07, 6.45) is 0.974. The summed E-state index contributed by atoms with van der Waals surface area (Å²) in [5.41, 5.74) is 3.70. The van der Waals surface area contributed by atoms with E-state index >= 15 is 0 Å². The second-order valence-corrected chi connectivity index (χ2v) is 7.90. The number of thiophene rings is 1. The Hall–Kier alpha value is -1.85. The van der Waals surface area contributed by atoms with Gasteiger partial charge in [0.1, 0.15) is 0 Å². The molecule has 134 valence electrons. The zero-order chi connectivity index (χ0) is 17.8. The van der Waals surface area contributed by atoms with E-state index < -0.39 is 0 Å². The first-order valence-corrected chi connectivity index (χ1v) is 9.79. The minimum absolute atomic E-state index is 0.0287. The Morgan fingerprint density at radius 1 is 1.16 bits per heavy atom. The maximum atomic E-state index is 12.5. The van der Waals surface area contributed by atoms with E-state index in [0.29, 0.717) is 6.54 Å². The lowest BCUT2D eigenvalue weighted by atomic mass is 10.1. The van der Waals surface area contributed by atoms with Crippen LogP contribution in [-0.4, -0.2) is 44.0 Å². The van der Waals surface area contributed by atoms with E-state index in [9.17, 15) is 4.79 Å². The number of carbonyl (C=O) groups is 1. The van der Waals surface area contributed by atoms with Gasteiger partial charge in [0.2, 0.25) is 0 Å². The van der Waals surface area contributed by atoms with E-state index in [4.69, 9.17) is 0 Å². The first kappa shape index (κ1) is 18.0. The van der Waals surface area contributed by atoms with Crippen LogP contribution in [0.15, 0.2) is 30.3 Å². The van der Waals surface area contributed by atoms with Crippen molar-refractivity contribution in [1.82, 2.24) is 10.2 Å². The fraction of sp³-hybridized carbons (Fsp3) is 0.450. The second kappa shape index (κ2) is 8.02. The zero-order valence-electron chi connectivity index (χ0n) is 15.3. The molecule has 1 amide bonds. The third kappa shape index (κ3) is 4.22. The highest BCUT2D eigenvalue weighted by Crippen LogP contribution is 2.24. The molecule has 0 atom stereocenters. The number of nitrogens with one attached hydrogen (secondary N) is 1.